The minimum absolute atomic E-state index is 0.0382. The third kappa shape index (κ3) is 3.83. The monoisotopic (exact) mass is 411 g/mol. The van der Waals surface area contributed by atoms with Crippen molar-refractivity contribution >= 4 is 16.9 Å². The van der Waals surface area contributed by atoms with Crippen molar-refractivity contribution in [1.82, 2.24) is 24.0 Å². The van der Waals surface area contributed by atoms with Gasteiger partial charge >= 0.3 is 5.69 Å². The van der Waals surface area contributed by atoms with Crippen LogP contribution < -0.4 is 22.1 Å². The molecule has 1 N–H and O–H groups in total. The molecule has 0 atom stereocenters. The van der Waals surface area contributed by atoms with Gasteiger partial charge in [-0.05, 0) is 25.0 Å². The molecule has 9 heteroatoms. The lowest BCUT2D eigenvalue weighted by atomic mass is 10.1. The van der Waals surface area contributed by atoms with E-state index in [9.17, 15) is 19.2 Å². The Labute approximate surface area is 172 Å². The number of aromatic nitrogens is 4. The second kappa shape index (κ2) is 8.89. The molecule has 30 heavy (non-hydrogen) atoms. The standard InChI is InChI=1S/C21H25N5O4/c1-4-10-25-16(27)12-15(18(28)23-13-14-8-6-7-9-22-14)17-19(25)24(3)21(30)26(11-5-2)20(17)29/h6-9,12H,4-5,10-11,13H2,1-3H3,(H,23,28). The first-order valence-corrected chi connectivity index (χ1v) is 9.96. The first-order valence-electron chi connectivity index (χ1n) is 9.96. The van der Waals surface area contributed by atoms with Crippen molar-refractivity contribution in [1.29, 1.82) is 0 Å². The summed E-state index contributed by atoms with van der Waals surface area (Å²) in [5, 5.41) is 2.78. The fourth-order valence-electron chi connectivity index (χ4n) is 3.49. The number of carbonyl (C=O) groups is 1. The van der Waals surface area contributed by atoms with Gasteiger partial charge in [-0.3, -0.25) is 33.1 Å². The lowest BCUT2D eigenvalue weighted by molar-refractivity contribution is 0.0951. The van der Waals surface area contributed by atoms with Gasteiger partial charge in [0.1, 0.15) is 5.65 Å². The number of carbonyl (C=O) groups excluding carboxylic acids is 1. The molecule has 158 valence electrons. The Morgan fingerprint density at radius 3 is 2.40 bits per heavy atom. The highest BCUT2D eigenvalue weighted by molar-refractivity contribution is 6.05. The second-order valence-electron chi connectivity index (χ2n) is 7.05. The highest BCUT2D eigenvalue weighted by Crippen LogP contribution is 2.13. The van der Waals surface area contributed by atoms with E-state index in [1.54, 1.807) is 24.4 Å². The van der Waals surface area contributed by atoms with Gasteiger partial charge in [0.2, 0.25) is 0 Å². The molecule has 0 aliphatic carbocycles. The van der Waals surface area contributed by atoms with Crippen LogP contribution in [0.25, 0.3) is 11.0 Å². The molecule has 3 heterocycles. The predicted octanol–water partition coefficient (Wildman–Crippen LogP) is 1.01. The molecule has 0 saturated carbocycles. The highest BCUT2D eigenvalue weighted by atomic mass is 16.2. The van der Waals surface area contributed by atoms with Crippen LogP contribution >= 0.6 is 0 Å². The molecule has 0 spiro atoms. The number of hydrogen-bond acceptors (Lipinski definition) is 5. The number of pyridine rings is 2. The average molecular weight is 411 g/mol. The van der Waals surface area contributed by atoms with Crippen LogP contribution in [0.2, 0.25) is 0 Å². The number of rotatable bonds is 7. The van der Waals surface area contributed by atoms with E-state index in [1.165, 1.54) is 22.2 Å². The molecule has 0 saturated heterocycles. The van der Waals surface area contributed by atoms with E-state index in [2.05, 4.69) is 10.3 Å². The maximum absolute atomic E-state index is 13.2. The van der Waals surface area contributed by atoms with E-state index in [1.807, 2.05) is 13.8 Å². The van der Waals surface area contributed by atoms with E-state index in [0.29, 0.717) is 25.1 Å². The smallest absolute Gasteiger partial charge is 0.332 e. The minimum Gasteiger partial charge on any atom is -0.346 e. The summed E-state index contributed by atoms with van der Waals surface area (Å²) in [6.07, 6.45) is 2.82. The Hall–Kier alpha value is -3.49. The summed E-state index contributed by atoms with van der Waals surface area (Å²) in [6, 6.07) is 6.50. The number of aryl methyl sites for hydroxylation is 2. The van der Waals surface area contributed by atoms with E-state index in [-0.39, 0.29) is 29.7 Å². The Balaban J connectivity index is 2.24. The lowest BCUT2D eigenvalue weighted by Gasteiger charge is -2.17. The van der Waals surface area contributed by atoms with Crippen molar-refractivity contribution in [2.24, 2.45) is 7.05 Å². The second-order valence-corrected chi connectivity index (χ2v) is 7.05. The van der Waals surface area contributed by atoms with Gasteiger partial charge in [-0.15, -0.1) is 0 Å². The summed E-state index contributed by atoms with van der Waals surface area (Å²) in [5.41, 5.74) is -0.744. The molecule has 3 rings (SSSR count). The Morgan fingerprint density at radius 1 is 1.07 bits per heavy atom. The predicted molar refractivity (Wildman–Crippen MR) is 114 cm³/mol. The highest BCUT2D eigenvalue weighted by Gasteiger charge is 2.22. The van der Waals surface area contributed by atoms with Crippen LogP contribution in [0.4, 0.5) is 0 Å². The van der Waals surface area contributed by atoms with Gasteiger partial charge in [0, 0.05) is 32.4 Å². The summed E-state index contributed by atoms with van der Waals surface area (Å²) in [6.45, 7) is 4.45. The Morgan fingerprint density at radius 2 is 1.77 bits per heavy atom. The maximum Gasteiger partial charge on any atom is 0.332 e. The van der Waals surface area contributed by atoms with E-state index in [0.717, 1.165) is 4.57 Å². The fourth-order valence-corrected chi connectivity index (χ4v) is 3.49. The molecule has 0 aliphatic heterocycles. The maximum atomic E-state index is 13.2. The Kier molecular flexibility index (Phi) is 6.29. The molecular formula is C21H25N5O4. The fraction of sp³-hybridized carbons (Fsp3) is 0.381. The van der Waals surface area contributed by atoms with Crippen LogP contribution in [0.5, 0.6) is 0 Å². The zero-order valence-electron chi connectivity index (χ0n) is 17.3. The van der Waals surface area contributed by atoms with E-state index in [4.69, 9.17) is 0 Å². The normalized spacial score (nSPS) is 11.0. The van der Waals surface area contributed by atoms with Crippen LogP contribution in [0.3, 0.4) is 0 Å². The molecule has 0 aromatic carbocycles. The molecule has 0 fully saturated rings. The molecule has 1 amide bonds. The zero-order chi connectivity index (χ0) is 21.8. The molecule has 3 aromatic rings. The number of amides is 1. The van der Waals surface area contributed by atoms with Crippen LogP contribution in [0.1, 0.15) is 42.7 Å². The van der Waals surface area contributed by atoms with Crippen molar-refractivity contribution in [2.75, 3.05) is 0 Å². The number of hydrogen-bond donors (Lipinski definition) is 1. The van der Waals surface area contributed by atoms with Gasteiger partial charge < -0.3 is 5.32 Å². The first kappa shape index (κ1) is 21.2. The van der Waals surface area contributed by atoms with Crippen LogP contribution in [-0.4, -0.2) is 24.6 Å². The number of fused-ring (bicyclic) bond motifs is 1. The lowest BCUT2D eigenvalue weighted by Crippen LogP contribution is -2.42. The summed E-state index contributed by atoms with van der Waals surface area (Å²) in [4.78, 5) is 55.8. The van der Waals surface area contributed by atoms with E-state index >= 15 is 0 Å². The molecular weight excluding hydrogens is 386 g/mol. The first-order chi connectivity index (χ1) is 14.4. The van der Waals surface area contributed by atoms with Crippen molar-refractivity contribution in [3.05, 3.63) is 72.9 Å². The largest absolute Gasteiger partial charge is 0.346 e. The van der Waals surface area contributed by atoms with Gasteiger partial charge in [0.05, 0.1) is 23.2 Å². The van der Waals surface area contributed by atoms with Crippen molar-refractivity contribution in [3.8, 4) is 0 Å². The summed E-state index contributed by atoms with van der Waals surface area (Å²) >= 11 is 0. The van der Waals surface area contributed by atoms with Crippen LogP contribution in [-0.2, 0) is 26.7 Å². The molecule has 0 radical (unpaired) electrons. The van der Waals surface area contributed by atoms with Crippen LogP contribution in [0, 0.1) is 0 Å². The third-order valence-electron chi connectivity index (χ3n) is 4.87. The summed E-state index contributed by atoms with van der Waals surface area (Å²) < 4.78 is 3.77. The van der Waals surface area contributed by atoms with Gasteiger partial charge in [0.25, 0.3) is 17.0 Å². The SMILES string of the molecule is CCCn1c(=O)c2c(C(=O)NCc3ccccn3)cc(=O)n(CCC)c2n(C)c1=O. The zero-order valence-corrected chi connectivity index (χ0v) is 17.3. The quantitative estimate of drug-likeness (QED) is 0.624. The third-order valence-corrected chi connectivity index (χ3v) is 4.87. The van der Waals surface area contributed by atoms with Gasteiger partial charge in [0.15, 0.2) is 0 Å². The molecule has 9 nitrogen and oxygen atoms in total. The van der Waals surface area contributed by atoms with Crippen molar-refractivity contribution < 1.29 is 4.79 Å². The van der Waals surface area contributed by atoms with Crippen molar-refractivity contribution in [2.45, 2.75) is 46.3 Å². The molecule has 0 bridgehead atoms. The average Bonchev–Trinajstić information content (AvgIpc) is 2.75. The number of nitrogens with one attached hydrogen (secondary N) is 1. The molecule has 0 aliphatic rings. The van der Waals surface area contributed by atoms with Gasteiger partial charge in [-0.2, -0.15) is 0 Å². The van der Waals surface area contributed by atoms with Crippen LogP contribution in [0.15, 0.2) is 44.8 Å². The summed E-state index contributed by atoms with van der Waals surface area (Å²) in [5.74, 6) is -0.565. The molecule has 3 aromatic heterocycles. The van der Waals surface area contributed by atoms with E-state index < -0.39 is 22.7 Å². The number of nitrogens with zero attached hydrogens (tertiary/aromatic N) is 4. The van der Waals surface area contributed by atoms with Gasteiger partial charge in [-0.25, -0.2) is 4.79 Å². The summed E-state index contributed by atoms with van der Waals surface area (Å²) in [7, 11) is 1.51. The topological polar surface area (TPSA) is 108 Å². The Bertz CT molecular complexity index is 1250. The minimum atomic E-state index is -0.567. The van der Waals surface area contributed by atoms with Crippen molar-refractivity contribution in [3.63, 3.8) is 0 Å². The van der Waals surface area contributed by atoms with Gasteiger partial charge in [-0.1, -0.05) is 19.9 Å². The molecule has 0 unspecified atom stereocenters.